The molecule has 2 amide bonds. The van der Waals surface area contributed by atoms with Crippen molar-refractivity contribution in [2.24, 2.45) is 0 Å². The van der Waals surface area contributed by atoms with Crippen molar-refractivity contribution in [2.75, 3.05) is 37.4 Å². The van der Waals surface area contributed by atoms with Gasteiger partial charge in [0.25, 0.3) is 0 Å². The van der Waals surface area contributed by atoms with Gasteiger partial charge in [0, 0.05) is 56.7 Å². The summed E-state index contributed by atoms with van der Waals surface area (Å²) >= 11 is 1.62. The smallest absolute Gasteiger partial charge is 0.323 e. The molecule has 0 aliphatic carbocycles. The van der Waals surface area contributed by atoms with Crippen molar-refractivity contribution >= 4 is 39.8 Å². The number of aromatic nitrogens is 3. The summed E-state index contributed by atoms with van der Waals surface area (Å²) in [6, 6.07) is 3.82. The molecule has 0 spiro atoms. The fourth-order valence-corrected chi connectivity index (χ4v) is 4.17. The highest BCUT2D eigenvalue weighted by molar-refractivity contribution is 7.15. The molecule has 0 saturated carbocycles. The van der Waals surface area contributed by atoms with Crippen LogP contribution in [0.5, 0.6) is 0 Å². The minimum absolute atomic E-state index is 0.0892. The number of hydrogen-bond donors (Lipinski definition) is 1. The second-order valence-electron chi connectivity index (χ2n) is 7.23. The van der Waals surface area contributed by atoms with Crippen LogP contribution in [-0.4, -0.2) is 53.1 Å². The molecule has 0 aromatic carbocycles. The van der Waals surface area contributed by atoms with Crippen LogP contribution in [0.1, 0.15) is 24.3 Å². The molecule has 7 nitrogen and oxygen atoms in total. The summed E-state index contributed by atoms with van der Waals surface area (Å²) in [6.45, 7) is 3.59. The molecule has 0 bridgehead atoms. The van der Waals surface area contributed by atoms with Gasteiger partial charge in [0.2, 0.25) is 0 Å². The Morgan fingerprint density at radius 1 is 1.14 bits per heavy atom. The summed E-state index contributed by atoms with van der Waals surface area (Å²) in [4.78, 5) is 31.1. The Morgan fingerprint density at radius 3 is 2.61 bits per heavy atom. The summed E-state index contributed by atoms with van der Waals surface area (Å²) in [5.41, 5.74) is 2.71. The third kappa shape index (κ3) is 3.77. The van der Waals surface area contributed by atoms with E-state index in [-0.39, 0.29) is 6.03 Å². The highest BCUT2D eigenvalue weighted by Gasteiger charge is 2.18. The number of nitrogens with one attached hydrogen (secondary N) is 1. The lowest BCUT2D eigenvalue weighted by molar-refractivity contribution is 0.200. The molecule has 3 aromatic heterocycles. The number of anilines is 2. The highest BCUT2D eigenvalue weighted by Crippen LogP contribution is 2.32. The molecule has 3 aromatic rings. The number of nitrogens with zero attached hydrogens (tertiary/aromatic N) is 5. The largest absolute Gasteiger partial charge is 0.377 e. The van der Waals surface area contributed by atoms with Crippen molar-refractivity contribution in [3.63, 3.8) is 0 Å². The molecule has 4 rings (SSSR count). The molecule has 4 heterocycles. The summed E-state index contributed by atoms with van der Waals surface area (Å²) < 4.78 is 0. The molecule has 1 saturated heterocycles. The number of fused-ring (bicyclic) bond motifs is 1. The number of amides is 2. The Hall–Kier alpha value is -2.74. The summed E-state index contributed by atoms with van der Waals surface area (Å²) in [6.07, 6.45) is 6.95. The molecule has 0 radical (unpaired) electrons. The van der Waals surface area contributed by atoms with E-state index >= 15 is 0 Å². The summed E-state index contributed by atoms with van der Waals surface area (Å²) in [5.74, 6) is 0.526. The predicted molar refractivity (Wildman–Crippen MR) is 114 cm³/mol. The number of pyridine rings is 2. The maximum absolute atomic E-state index is 12.5. The van der Waals surface area contributed by atoms with Gasteiger partial charge in [0.05, 0.1) is 21.1 Å². The van der Waals surface area contributed by atoms with Gasteiger partial charge in [0.15, 0.2) is 0 Å². The molecular weight excluding hydrogens is 372 g/mol. The van der Waals surface area contributed by atoms with Gasteiger partial charge in [-0.15, -0.1) is 11.3 Å². The van der Waals surface area contributed by atoms with Crippen LogP contribution in [0.15, 0.2) is 24.5 Å². The standard InChI is InChI=1S/C20H24N6OS/c1-13-21-12-18(28-13)16-9-17(25(2)3)14-11-22-19(10-15(14)23-16)24-20(27)26-7-5-4-6-8-26/h9-12H,4-8H2,1-3H3,(H,22,24,27). The first kappa shape index (κ1) is 18.6. The number of hydrogen-bond acceptors (Lipinski definition) is 6. The van der Waals surface area contributed by atoms with Crippen LogP contribution < -0.4 is 10.2 Å². The Labute approximate surface area is 168 Å². The van der Waals surface area contributed by atoms with Gasteiger partial charge < -0.3 is 9.80 Å². The third-order valence-electron chi connectivity index (χ3n) is 4.91. The molecule has 1 fully saturated rings. The Bertz CT molecular complexity index is 1010. The van der Waals surface area contributed by atoms with E-state index in [1.54, 1.807) is 17.5 Å². The van der Waals surface area contributed by atoms with Crippen molar-refractivity contribution in [3.8, 4) is 10.6 Å². The quantitative estimate of drug-likeness (QED) is 0.720. The van der Waals surface area contributed by atoms with Crippen LogP contribution in [0.2, 0.25) is 0 Å². The van der Waals surface area contributed by atoms with Gasteiger partial charge in [-0.2, -0.15) is 0 Å². The Balaban J connectivity index is 1.69. The number of aryl methyl sites for hydroxylation is 1. The number of thiazole rings is 1. The highest BCUT2D eigenvalue weighted by atomic mass is 32.1. The minimum Gasteiger partial charge on any atom is -0.377 e. The van der Waals surface area contributed by atoms with Crippen molar-refractivity contribution in [3.05, 3.63) is 29.5 Å². The average molecular weight is 397 g/mol. The van der Waals surface area contributed by atoms with E-state index < -0.39 is 0 Å². The van der Waals surface area contributed by atoms with Crippen LogP contribution in [0.4, 0.5) is 16.3 Å². The SMILES string of the molecule is Cc1ncc(-c2cc(N(C)C)c3cnc(NC(=O)N4CCCCC4)cc3n2)s1. The number of urea groups is 1. The lowest BCUT2D eigenvalue weighted by Crippen LogP contribution is -2.38. The first-order valence-corrected chi connectivity index (χ1v) is 10.3. The lowest BCUT2D eigenvalue weighted by atomic mass is 10.1. The van der Waals surface area contributed by atoms with E-state index in [9.17, 15) is 4.79 Å². The van der Waals surface area contributed by atoms with Crippen LogP contribution >= 0.6 is 11.3 Å². The van der Waals surface area contributed by atoms with E-state index in [1.165, 1.54) is 6.42 Å². The Morgan fingerprint density at radius 2 is 1.93 bits per heavy atom. The van der Waals surface area contributed by atoms with Crippen LogP contribution in [0.3, 0.4) is 0 Å². The molecule has 0 unspecified atom stereocenters. The van der Waals surface area contributed by atoms with E-state index in [2.05, 4.69) is 26.3 Å². The van der Waals surface area contributed by atoms with Gasteiger partial charge in [-0.05, 0) is 32.3 Å². The van der Waals surface area contributed by atoms with Gasteiger partial charge in [-0.3, -0.25) is 5.32 Å². The predicted octanol–water partition coefficient (Wildman–Crippen LogP) is 4.15. The first-order valence-electron chi connectivity index (χ1n) is 9.48. The van der Waals surface area contributed by atoms with Crippen LogP contribution in [0, 0.1) is 6.92 Å². The van der Waals surface area contributed by atoms with Gasteiger partial charge >= 0.3 is 6.03 Å². The summed E-state index contributed by atoms with van der Waals surface area (Å²) in [7, 11) is 4.00. The molecule has 1 N–H and O–H groups in total. The second-order valence-corrected chi connectivity index (χ2v) is 8.46. The fourth-order valence-electron chi connectivity index (χ4n) is 3.43. The molecule has 1 aliphatic heterocycles. The molecule has 28 heavy (non-hydrogen) atoms. The minimum atomic E-state index is -0.0892. The van der Waals surface area contributed by atoms with Crippen molar-refractivity contribution in [1.82, 2.24) is 19.9 Å². The molecule has 1 aliphatic rings. The average Bonchev–Trinajstić information content (AvgIpc) is 3.14. The van der Waals surface area contributed by atoms with Crippen molar-refractivity contribution < 1.29 is 4.79 Å². The van der Waals surface area contributed by atoms with Crippen molar-refractivity contribution in [1.29, 1.82) is 0 Å². The Kier molecular flexibility index (Phi) is 5.13. The maximum Gasteiger partial charge on any atom is 0.323 e. The number of piperidine rings is 1. The molecular formula is C20H24N6OS. The monoisotopic (exact) mass is 396 g/mol. The first-order chi connectivity index (χ1) is 13.5. The molecule has 8 heteroatoms. The molecule has 146 valence electrons. The molecule has 0 atom stereocenters. The number of carbonyl (C=O) groups excluding carboxylic acids is 1. The van der Waals surface area contributed by atoms with Gasteiger partial charge in [0.1, 0.15) is 5.82 Å². The van der Waals surface area contributed by atoms with Crippen molar-refractivity contribution in [2.45, 2.75) is 26.2 Å². The zero-order chi connectivity index (χ0) is 19.7. The normalized spacial score (nSPS) is 14.3. The second kappa shape index (κ2) is 7.71. The topological polar surface area (TPSA) is 74.2 Å². The summed E-state index contributed by atoms with van der Waals surface area (Å²) in [5, 5.41) is 4.89. The maximum atomic E-state index is 12.5. The van der Waals surface area contributed by atoms with E-state index in [4.69, 9.17) is 4.98 Å². The zero-order valence-corrected chi connectivity index (χ0v) is 17.2. The fraction of sp³-hybridized carbons (Fsp3) is 0.400. The number of carbonyl (C=O) groups is 1. The number of rotatable bonds is 3. The van der Waals surface area contributed by atoms with Crippen LogP contribution in [-0.2, 0) is 0 Å². The van der Waals surface area contributed by atoms with E-state index in [1.807, 2.05) is 38.2 Å². The van der Waals surface area contributed by atoms with E-state index in [0.29, 0.717) is 5.82 Å². The van der Waals surface area contributed by atoms with Gasteiger partial charge in [-0.25, -0.2) is 19.7 Å². The van der Waals surface area contributed by atoms with Crippen LogP contribution in [0.25, 0.3) is 21.5 Å². The third-order valence-corrected chi connectivity index (χ3v) is 5.84. The zero-order valence-electron chi connectivity index (χ0n) is 16.4. The van der Waals surface area contributed by atoms with E-state index in [0.717, 1.165) is 58.1 Å². The number of likely N-dealkylation sites (tertiary alicyclic amines) is 1. The lowest BCUT2D eigenvalue weighted by Gasteiger charge is -2.26. The van der Waals surface area contributed by atoms with Gasteiger partial charge in [-0.1, -0.05) is 0 Å².